The summed E-state index contributed by atoms with van der Waals surface area (Å²) in [5, 5.41) is 21.4. The highest BCUT2D eigenvalue weighted by atomic mass is 16.3. The van der Waals surface area contributed by atoms with Gasteiger partial charge in [0.2, 0.25) is 0 Å². The minimum atomic E-state index is -0.355. The molecule has 0 aliphatic carbocycles. The van der Waals surface area contributed by atoms with Gasteiger partial charge in [0.25, 0.3) is 5.91 Å². The number of benzene rings is 2. The number of hydrogen-bond acceptors (Lipinski definition) is 5. The second-order valence-electron chi connectivity index (χ2n) is 6.69. The first-order valence-electron chi connectivity index (χ1n) is 9.38. The Morgan fingerprint density at radius 2 is 1.75 bits per heavy atom. The highest BCUT2D eigenvalue weighted by Gasteiger charge is 2.17. The van der Waals surface area contributed by atoms with Gasteiger partial charge in [0.05, 0.1) is 0 Å². The predicted molar refractivity (Wildman–Crippen MR) is 109 cm³/mol. The quantitative estimate of drug-likeness (QED) is 0.597. The second-order valence-corrected chi connectivity index (χ2v) is 6.69. The Bertz CT molecular complexity index is 848. The van der Waals surface area contributed by atoms with E-state index in [1.165, 1.54) is 5.69 Å². The van der Waals surface area contributed by atoms with Gasteiger partial charge < -0.3 is 20.2 Å². The Morgan fingerprint density at radius 1 is 1.07 bits per heavy atom. The standard InChI is InChI=1S/C22H24N4O2/c23-16-19(22(28)24-11-10-18-6-8-21(27)9-7-18)17-25-12-14-26(15-13-25)20-4-2-1-3-5-20/h1-9,17,27H,10-15H2,(H,24,28)/b19-17-. The van der Waals surface area contributed by atoms with E-state index < -0.39 is 0 Å². The summed E-state index contributed by atoms with van der Waals surface area (Å²) < 4.78 is 0. The number of nitrogens with one attached hydrogen (secondary N) is 1. The molecular formula is C22H24N4O2. The van der Waals surface area contributed by atoms with Crippen molar-refractivity contribution >= 4 is 11.6 Å². The lowest BCUT2D eigenvalue weighted by Crippen LogP contribution is -2.44. The van der Waals surface area contributed by atoms with Gasteiger partial charge in [-0.1, -0.05) is 30.3 Å². The van der Waals surface area contributed by atoms with E-state index in [-0.39, 0.29) is 17.2 Å². The van der Waals surface area contributed by atoms with Gasteiger partial charge in [-0.2, -0.15) is 5.26 Å². The molecule has 0 radical (unpaired) electrons. The average Bonchev–Trinajstić information content (AvgIpc) is 2.74. The topological polar surface area (TPSA) is 79.6 Å². The molecule has 0 aromatic heterocycles. The fourth-order valence-electron chi connectivity index (χ4n) is 3.15. The Kier molecular flexibility index (Phi) is 6.53. The van der Waals surface area contributed by atoms with Gasteiger partial charge in [-0.05, 0) is 36.2 Å². The molecule has 1 aliphatic rings. The lowest BCUT2D eigenvalue weighted by Gasteiger charge is -2.35. The number of anilines is 1. The fraction of sp³-hybridized carbons (Fsp3) is 0.273. The van der Waals surface area contributed by atoms with Crippen LogP contribution in [0, 0.1) is 11.3 Å². The molecule has 0 atom stereocenters. The van der Waals surface area contributed by atoms with Crippen LogP contribution >= 0.6 is 0 Å². The lowest BCUT2D eigenvalue weighted by atomic mass is 10.1. The first-order chi connectivity index (χ1) is 13.7. The molecule has 1 aliphatic heterocycles. The summed E-state index contributed by atoms with van der Waals surface area (Å²) in [5.74, 6) is -0.137. The largest absolute Gasteiger partial charge is 0.508 e. The second kappa shape index (κ2) is 9.47. The van der Waals surface area contributed by atoms with Crippen molar-refractivity contribution in [2.24, 2.45) is 0 Å². The van der Waals surface area contributed by atoms with Gasteiger partial charge in [-0.3, -0.25) is 4.79 Å². The number of hydrogen-bond donors (Lipinski definition) is 2. The van der Waals surface area contributed by atoms with E-state index in [0.29, 0.717) is 13.0 Å². The number of phenolic OH excluding ortho intramolecular Hbond substituents is 1. The lowest BCUT2D eigenvalue weighted by molar-refractivity contribution is -0.117. The number of rotatable bonds is 6. The Hall–Kier alpha value is -3.46. The van der Waals surface area contributed by atoms with E-state index in [9.17, 15) is 15.2 Å². The normalized spacial score (nSPS) is 14.5. The zero-order chi connectivity index (χ0) is 19.8. The van der Waals surface area contributed by atoms with Crippen molar-refractivity contribution in [3.8, 4) is 11.8 Å². The Balaban J connectivity index is 1.48. The molecule has 28 heavy (non-hydrogen) atoms. The zero-order valence-electron chi connectivity index (χ0n) is 15.7. The number of carbonyl (C=O) groups excluding carboxylic acids is 1. The van der Waals surface area contributed by atoms with Crippen LogP contribution in [-0.2, 0) is 11.2 Å². The monoisotopic (exact) mass is 376 g/mol. The van der Waals surface area contributed by atoms with Crippen LogP contribution in [0.25, 0.3) is 0 Å². The summed E-state index contributed by atoms with van der Waals surface area (Å²) in [5.41, 5.74) is 2.33. The van der Waals surface area contributed by atoms with Crippen LogP contribution < -0.4 is 10.2 Å². The summed E-state index contributed by atoms with van der Waals surface area (Å²) >= 11 is 0. The molecule has 1 amide bonds. The molecule has 3 rings (SSSR count). The average molecular weight is 376 g/mol. The number of para-hydroxylation sites is 1. The molecule has 0 saturated carbocycles. The number of amides is 1. The Labute approximate surface area is 165 Å². The highest BCUT2D eigenvalue weighted by Crippen LogP contribution is 2.16. The van der Waals surface area contributed by atoms with E-state index in [1.54, 1.807) is 18.3 Å². The summed E-state index contributed by atoms with van der Waals surface area (Å²) in [6, 6.07) is 19.1. The Morgan fingerprint density at radius 3 is 2.39 bits per heavy atom. The van der Waals surface area contributed by atoms with Crippen molar-refractivity contribution in [3.63, 3.8) is 0 Å². The highest BCUT2D eigenvalue weighted by molar-refractivity contribution is 5.97. The van der Waals surface area contributed by atoms with Crippen molar-refractivity contribution in [2.45, 2.75) is 6.42 Å². The SMILES string of the molecule is N#C/C(=C/N1CCN(c2ccccc2)CC1)C(=O)NCCc1ccc(O)cc1. The molecule has 2 N–H and O–H groups in total. The third-order valence-corrected chi connectivity index (χ3v) is 4.75. The van der Waals surface area contributed by atoms with Crippen LogP contribution in [0.1, 0.15) is 5.56 Å². The molecule has 1 fully saturated rings. The van der Waals surface area contributed by atoms with Gasteiger partial charge in [-0.25, -0.2) is 0 Å². The molecule has 0 spiro atoms. The van der Waals surface area contributed by atoms with E-state index >= 15 is 0 Å². The van der Waals surface area contributed by atoms with Crippen molar-refractivity contribution in [1.29, 1.82) is 5.26 Å². The third-order valence-electron chi connectivity index (χ3n) is 4.75. The summed E-state index contributed by atoms with van der Waals surface area (Å²) in [6.45, 7) is 3.66. The van der Waals surface area contributed by atoms with Crippen LogP contribution in [0.4, 0.5) is 5.69 Å². The van der Waals surface area contributed by atoms with Crippen LogP contribution in [0.5, 0.6) is 5.75 Å². The van der Waals surface area contributed by atoms with Gasteiger partial charge in [-0.15, -0.1) is 0 Å². The molecule has 6 nitrogen and oxygen atoms in total. The van der Waals surface area contributed by atoms with Gasteiger partial charge in [0.1, 0.15) is 17.4 Å². The molecule has 6 heteroatoms. The number of piperazine rings is 1. The molecule has 1 heterocycles. The van der Waals surface area contributed by atoms with Gasteiger partial charge >= 0.3 is 0 Å². The number of nitriles is 1. The molecular weight excluding hydrogens is 352 g/mol. The zero-order valence-corrected chi connectivity index (χ0v) is 15.7. The van der Waals surface area contributed by atoms with Crippen molar-refractivity contribution in [1.82, 2.24) is 10.2 Å². The summed E-state index contributed by atoms with van der Waals surface area (Å²) in [6.07, 6.45) is 2.30. The van der Waals surface area contributed by atoms with Gasteiger partial charge in [0, 0.05) is 44.6 Å². The maximum atomic E-state index is 12.3. The minimum Gasteiger partial charge on any atom is -0.508 e. The van der Waals surface area contributed by atoms with E-state index in [0.717, 1.165) is 31.7 Å². The molecule has 2 aromatic carbocycles. The minimum absolute atomic E-state index is 0.124. The number of aromatic hydroxyl groups is 1. The third kappa shape index (κ3) is 5.27. The first kappa shape index (κ1) is 19.3. The number of phenols is 1. The predicted octanol–water partition coefficient (Wildman–Crippen LogP) is 2.28. The maximum absolute atomic E-state index is 12.3. The van der Waals surface area contributed by atoms with Crippen molar-refractivity contribution in [3.05, 3.63) is 71.9 Å². The molecule has 0 unspecified atom stereocenters. The molecule has 144 valence electrons. The smallest absolute Gasteiger partial charge is 0.263 e. The molecule has 0 bridgehead atoms. The van der Waals surface area contributed by atoms with E-state index in [4.69, 9.17) is 0 Å². The molecule has 1 saturated heterocycles. The van der Waals surface area contributed by atoms with Gasteiger partial charge in [0.15, 0.2) is 0 Å². The van der Waals surface area contributed by atoms with Crippen LogP contribution in [-0.4, -0.2) is 48.6 Å². The maximum Gasteiger partial charge on any atom is 0.263 e. The summed E-state index contributed by atoms with van der Waals surface area (Å²) in [7, 11) is 0. The fourth-order valence-corrected chi connectivity index (χ4v) is 3.15. The van der Waals surface area contributed by atoms with E-state index in [2.05, 4.69) is 22.3 Å². The first-order valence-corrected chi connectivity index (χ1v) is 9.38. The van der Waals surface area contributed by atoms with Crippen molar-refractivity contribution in [2.75, 3.05) is 37.6 Å². The van der Waals surface area contributed by atoms with Crippen LogP contribution in [0.3, 0.4) is 0 Å². The number of nitrogens with zero attached hydrogens (tertiary/aromatic N) is 3. The van der Waals surface area contributed by atoms with Crippen LogP contribution in [0.2, 0.25) is 0 Å². The molecule has 2 aromatic rings. The number of carbonyl (C=O) groups is 1. The van der Waals surface area contributed by atoms with Crippen molar-refractivity contribution < 1.29 is 9.90 Å². The van der Waals surface area contributed by atoms with Crippen LogP contribution in [0.15, 0.2) is 66.4 Å². The van der Waals surface area contributed by atoms with E-state index in [1.807, 2.05) is 41.3 Å². The summed E-state index contributed by atoms with van der Waals surface area (Å²) in [4.78, 5) is 16.6.